The number of rotatable bonds is 14. The average molecular weight is 349 g/mol. The number of hydrogen-bond donors (Lipinski definition) is 7. The van der Waals surface area contributed by atoms with Crippen LogP contribution >= 0.6 is 0 Å². The molecular weight excluding hydrogens is 326 g/mol. The van der Waals surface area contributed by atoms with E-state index in [4.69, 9.17) is 26.2 Å². The fraction of sp³-hybridized carbons (Fsp3) is 0.692. The van der Waals surface area contributed by atoms with Gasteiger partial charge in [-0.2, -0.15) is 0 Å². The minimum atomic E-state index is -1.22. The molecule has 0 saturated heterocycles. The van der Waals surface area contributed by atoms with Gasteiger partial charge in [0.05, 0.1) is 0 Å². The molecule has 24 heavy (non-hydrogen) atoms. The lowest BCUT2D eigenvalue weighted by molar-refractivity contribution is -0.141. The van der Waals surface area contributed by atoms with Gasteiger partial charge in [0.25, 0.3) is 0 Å². The van der Waals surface area contributed by atoms with Crippen molar-refractivity contribution >= 4 is 23.9 Å². The van der Waals surface area contributed by atoms with Crippen molar-refractivity contribution in [2.75, 3.05) is 13.1 Å². The van der Waals surface area contributed by atoms with Crippen LogP contribution in [-0.4, -0.2) is 75.5 Å². The summed E-state index contributed by atoms with van der Waals surface area (Å²) in [6.45, 7) is 0.108. The van der Waals surface area contributed by atoms with Gasteiger partial charge in [-0.1, -0.05) is 0 Å². The van der Waals surface area contributed by atoms with E-state index in [1.165, 1.54) is 0 Å². The van der Waals surface area contributed by atoms with E-state index in [0.29, 0.717) is 0 Å². The summed E-state index contributed by atoms with van der Waals surface area (Å²) in [5, 5.41) is 40.4. The quantitative estimate of drug-likeness (QED) is 0.185. The summed E-state index contributed by atoms with van der Waals surface area (Å²) in [4.78, 5) is 43.1. The molecule has 0 bridgehead atoms. The first-order valence-corrected chi connectivity index (χ1v) is 7.27. The Balaban J connectivity index is 4.27. The largest absolute Gasteiger partial charge is 0.481 e. The van der Waals surface area contributed by atoms with Crippen LogP contribution in [0.1, 0.15) is 25.7 Å². The van der Waals surface area contributed by atoms with Gasteiger partial charge in [-0.3, -0.25) is 19.2 Å². The second-order valence-corrected chi connectivity index (χ2v) is 5.14. The third kappa shape index (κ3) is 9.71. The number of hydrogen-bond acceptors (Lipinski definition) is 7. The summed E-state index contributed by atoms with van der Waals surface area (Å²) in [5.74, 6) is -4.70. The molecule has 11 heteroatoms. The SMILES string of the molecule is N[C@@H](CCN[C@@H](CCN[C@@H](CCC(=O)O)C(=O)O)C(=O)O)C(=O)O. The highest BCUT2D eigenvalue weighted by Gasteiger charge is 2.21. The van der Waals surface area contributed by atoms with Gasteiger partial charge in [0.2, 0.25) is 0 Å². The topological polar surface area (TPSA) is 199 Å². The van der Waals surface area contributed by atoms with Gasteiger partial charge in [-0.05, 0) is 32.4 Å². The Labute approximate surface area is 137 Å². The van der Waals surface area contributed by atoms with E-state index in [1.54, 1.807) is 0 Å². The average Bonchev–Trinajstić information content (AvgIpc) is 2.47. The zero-order chi connectivity index (χ0) is 18.7. The maximum Gasteiger partial charge on any atom is 0.320 e. The van der Waals surface area contributed by atoms with Crippen molar-refractivity contribution in [2.24, 2.45) is 5.73 Å². The highest BCUT2D eigenvalue weighted by Crippen LogP contribution is 2.00. The van der Waals surface area contributed by atoms with E-state index in [-0.39, 0.29) is 38.8 Å². The lowest BCUT2D eigenvalue weighted by Crippen LogP contribution is -2.44. The Morgan fingerprint density at radius 3 is 1.62 bits per heavy atom. The van der Waals surface area contributed by atoms with Crippen molar-refractivity contribution < 1.29 is 39.6 Å². The molecule has 0 spiro atoms. The van der Waals surface area contributed by atoms with Crippen LogP contribution in [0.4, 0.5) is 0 Å². The number of carboxylic acid groups (broad SMARTS) is 4. The maximum atomic E-state index is 11.1. The minimum absolute atomic E-state index is 0.0333. The molecular formula is C13H23N3O8. The molecule has 0 fully saturated rings. The van der Waals surface area contributed by atoms with Crippen LogP contribution in [0.15, 0.2) is 0 Å². The summed E-state index contributed by atoms with van der Waals surface area (Å²) in [7, 11) is 0. The molecule has 138 valence electrons. The molecule has 0 amide bonds. The number of nitrogens with two attached hydrogens (primary N) is 1. The second-order valence-electron chi connectivity index (χ2n) is 5.14. The van der Waals surface area contributed by atoms with Crippen molar-refractivity contribution in [2.45, 2.75) is 43.8 Å². The molecule has 11 nitrogen and oxygen atoms in total. The highest BCUT2D eigenvalue weighted by atomic mass is 16.4. The molecule has 0 rings (SSSR count). The number of aliphatic carboxylic acids is 4. The Kier molecular flexibility index (Phi) is 10.3. The Hall–Kier alpha value is -2.24. The van der Waals surface area contributed by atoms with Crippen LogP contribution in [0, 0.1) is 0 Å². The Bertz CT molecular complexity index is 456. The number of nitrogens with one attached hydrogen (secondary N) is 2. The molecule has 0 aliphatic rings. The van der Waals surface area contributed by atoms with Gasteiger partial charge in [0, 0.05) is 6.42 Å². The molecule has 0 aromatic heterocycles. The molecule has 0 saturated carbocycles. The van der Waals surface area contributed by atoms with Crippen LogP contribution in [-0.2, 0) is 19.2 Å². The van der Waals surface area contributed by atoms with Crippen LogP contribution < -0.4 is 16.4 Å². The normalized spacial score (nSPS) is 14.5. The van der Waals surface area contributed by atoms with Crippen LogP contribution in [0.25, 0.3) is 0 Å². The lowest BCUT2D eigenvalue weighted by Gasteiger charge is -2.18. The fourth-order valence-electron chi connectivity index (χ4n) is 1.83. The standard InChI is InChI=1S/C13H23N3O8/c14-7(11(19)20)3-5-15-9(13(23)24)4-6-16-8(12(21)22)1-2-10(17)18/h7-9,15-16H,1-6,14H2,(H,17,18)(H,19,20)(H,21,22)(H,23,24)/t7-,8-,9-/m0/s1. The van der Waals surface area contributed by atoms with Gasteiger partial charge >= 0.3 is 23.9 Å². The first-order chi connectivity index (χ1) is 11.1. The number of carboxylic acids is 4. The Morgan fingerprint density at radius 2 is 1.21 bits per heavy atom. The zero-order valence-electron chi connectivity index (χ0n) is 13.0. The predicted molar refractivity (Wildman–Crippen MR) is 80.6 cm³/mol. The third-order valence-corrected chi connectivity index (χ3v) is 3.23. The van der Waals surface area contributed by atoms with Crippen LogP contribution in [0.2, 0.25) is 0 Å². The summed E-state index contributed by atoms with van der Waals surface area (Å²) < 4.78 is 0. The zero-order valence-corrected chi connectivity index (χ0v) is 13.0. The van der Waals surface area contributed by atoms with E-state index >= 15 is 0 Å². The first-order valence-electron chi connectivity index (χ1n) is 7.27. The monoisotopic (exact) mass is 349 g/mol. The predicted octanol–water partition coefficient (Wildman–Crippen LogP) is -1.87. The van der Waals surface area contributed by atoms with Gasteiger partial charge in [-0.15, -0.1) is 0 Å². The van der Waals surface area contributed by atoms with E-state index in [1.807, 2.05) is 0 Å². The van der Waals surface area contributed by atoms with Crippen molar-refractivity contribution in [1.82, 2.24) is 10.6 Å². The molecule has 3 atom stereocenters. The fourth-order valence-corrected chi connectivity index (χ4v) is 1.83. The molecule has 0 aliphatic carbocycles. The van der Waals surface area contributed by atoms with Gasteiger partial charge in [0.15, 0.2) is 0 Å². The van der Waals surface area contributed by atoms with Crippen molar-refractivity contribution in [1.29, 1.82) is 0 Å². The summed E-state index contributed by atoms with van der Waals surface area (Å²) >= 11 is 0. The van der Waals surface area contributed by atoms with E-state index < -0.39 is 42.0 Å². The van der Waals surface area contributed by atoms with Gasteiger partial charge in [0.1, 0.15) is 18.1 Å². The molecule has 0 aromatic rings. The highest BCUT2D eigenvalue weighted by molar-refractivity contribution is 5.75. The molecule has 0 aliphatic heterocycles. The first kappa shape index (κ1) is 21.8. The van der Waals surface area contributed by atoms with Gasteiger partial charge < -0.3 is 36.8 Å². The van der Waals surface area contributed by atoms with Gasteiger partial charge in [-0.25, -0.2) is 0 Å². The number of carbonyl (C=O) groups is 4. The summed E-state index contributed by atoms with van der Waals surface area (Å²) in [5.41, 5.74) is 5.30. The third-order valence-electron chi connectivity index (χ3n) is 3.23. The summed E-state index contributed by atoms with van der Waals surface area (Å²) in [6.07, 6.45) is -0.363. The summed E-state index contributed by atoms with van der Waals surface area (Å²) in [6, 6.07) is -3.19. The van der Waals surface area contributed by atoms with Crippen molar-refractivity contribution in [3.63, 3.8) is 0 Å². The van der Waals surface area contributed by atoms with E-state index in [0.717, 1.165) is 0 Å². The van der Waals surface area contributed by atoms with Crippen molar-refractivity contribution in [3.05, 3.63) is 0 Å². The van der Waals surface area contributed by atoms with E-state index in [2.05, 4.69) is 10.6 Å². The molecule has 0 unspecified atom stereocenters. The van der Waals surface area contributed by atoms with Crippen LogP contribution in [0.3, 0.4) is 0 Å². The maximum absolute atomic E-state index is 11.1. The molecule has 0 radical (unpaired) electrons. The van der Waals surface area contributed by atoms with Crippen molar-refractivity contribution in [3.8, 4) is 0 Å². The molecule has 0 heterocycles. The Morgan fingerprint density at radius 1 is 0.750 bits per heavy atom. The molecule has 0 aromatic carbocycles. The minimum Gasteiger partial charge on any atom is -0.481 e. The molecule has 8 N–H and O–H groups in total. The van der Waals surface area contributed by atoms with E-state index in [9.17, 15) is 19.2 Å². The lowest BCUT2D eigenvalue weighted by atomic mass is 10.1. The van der Waals surface area contributed by atoms with Crippen LogP contribution in [0.5, 0.6) is 0 Å². The smallest absolute Gasteiger partial charge is 0.320 e. The second kappa shape index (κ2) is 11.3.